The highest BCUT2D eigenvalue weighted by atomic mass is 32.2. The molecular formula is C26H37N3O4S. The Bertz CT molecular complexity index is 939. The van der Waals surface area contributed by atoms with Gasteiger partial charge in [0.2, 0.25) is 17.7 Å². The lowest BCUT2D eigenvalue weighted by Gasteiger charge is -2.41. The van der Waals surface area contributed by atoms with Gasteiger partial charge in [-0.2, -0.15) is 0 Å². The molecule has 1 aromatic rings. The molecule has 0 aromatic heterocycles. The number of nitrogens with one attached hydrogen (secondary N) is 2. The van der Waals surface area contributed by atoms with Crippen LogP contribution in [0.5, 0.6) is 0 Å². The summed E-state index contributed by atoms with van der Waals surface area (Å²) in [6, 6.07) is 8.47. The first kappa shape index (κ1) is 25.0. The van der Waals surface area contributed by atoms with Crippen LogP contribution in [0.4, 0.5) is 0 Å². The van der Waals surface area contributed by atoms with Gasteiger partial charge in [-0.1, -0.05) is 51.1 Å². The second-order valence-electron chi connectivity index (χ2n) is 10.7. The van der Waals surface area contributed by atoms with Gasteiger partial charge in [0.25, 0.3) is 0 Å². The van der Waals surface area contributed by atoms with E-state index in [4.69, 9.17) is 0 Å². The second-order valence-corrected chi connectivity index (χ2v) is 12.2. The zero-order chi connectivity index (χ0) is 24.8. The molecule has 0 radical (unpaired) electrons. The fraction of sp³-hybridized carbons (Fsp3) is 0.654. The van der Waals surface area contributed by atoms with Crippen molar-refractivity contribution in [2.75, 3.05) is 6.61 Å². The quantitative estimate of drug-likeness (QED) is 0.522. The Kier molecular flexibility index (Phi) is 7.02. The molecule has 3 N–H and O–H groups in total. The van der Waals surface area contributed by atoms with Gasteiger partial charge >= 0.3 is 0 Å². The summed E-state index contributed by atoms with van der Waals surface area (Å²) in [5.41, 5.74) is 1.00. The molecule has 34 heavy (non-hydrogen) atoms. The van der Waals surface area contributed by atoms with E-state index in [-0.39, 0.29) is 47.5 Å². The van der Waals surface area contributed by atoms with Crippen molar-refractivity contribution in [1.82, 2.24) is 15.5 Å². The van der Waals surface area contributed by atoms with Gasteiger partial charge in [-0.25, -0.2) is 0 Å². The van der Waals surface area contributed by atoms with Gasteiger partial charge in [0.15, 0.2) is 0 Å². The van der Waals surface area contributed by atoms with Gasteiger partial charge in [0, 0.05) is 17.8 Å². The van der Waals surface area contributed by atoms with Crippen molar-refractivity contribution in [2.24, 2.45) is 23.7 Å². The maximum atomic E-state index is 14.1. The molecule has 3 saturated heterocycles. The summed E-state index contributed by atoms with van der Waals surface area (Å²) >= 11 is 1.66. The second kappa shape index (κ2) is 9.53. The van der Waals surface area contributed by atoms with E-state index in [2.05, 4.69) is 17.6 Å². The lowest BCUT2D eigenvalue weighted by atomic mass is 9.66. The lowest BCUT2D eigenvalue weighted by Crippen LogP contribution is -2.60. The molecule has 2 bridgehead atoms. The number of thioether (sulfide) groups is 1. The standard InChI is InChI=1S/C26H37N3O4S/c1-14(2)18(13-30)29-22(24(32)28-15(3)4)26-16(5)11-19(34-26)20(21(26)25(29)33)23(31)27-12-17-9-7-6-8-10-17/h6-10,14-16,18-22,30H,11-13H2,1-5H3,(H,27,31)(H,28,32)/t16?,18-,19-,20+,21-,22?,26?/m0/s1. The van der Waals surface area contributed by atoms with E-state index in [1.807, 2.05) is 58.0 Å². The van der Waals surface area contributed by atoms with Crippen LogP contribution in [0.3, 0.4) is 0 Å². The maximum absolute atomic E-state index is 14.1. The average molecular weight is 488 g/mol. The van der Waals surface area contributed by atoms with Gasteiger partial charge in [0.05, 0.1) is 29.2 Å². The van der Waals surface area contributed by atoms with Crippen molar-refractivity contribution in [3.63, 3.8) is 0 Å². The zero-order valence-electron chi connectivity index (χ0n) is 20.7. The lowest BCUT2D eigenvalue weighted by molar-refractivity contribution is -0.143. The number of hydrogen-bond acceptors (Lipinski definition) is 5. The summed E-state index contributed by atoms with van der Waals surface area (Å²) in [4.78, 5) is 42.8. The largest absolute Gasteiger partial charge is 0.394 e. The summed E-state index contributed by atoms with van der Waals surface area (Å²) in [5, 5.41) is 16.3. The maximum Gasteiger partial charge on any atom is 0.244 e. The summed E-state index contributed by atoms with van der Waals surface area (Å²) in [6.07, 6.45) is 0.794. The number of hydrogen-bond donors (Lipinski definition) is 3. The molecule has 8 heteroatoms. The van der Waals surface area contributed by atoms with Gasteiger partial charge in [-0.05, 0) is 37.7 Å². The fourth-order valence-electron chi connectivity index (χ4n) is 6.30. The molecule has 7 atom stereocenters. The molecule has 3 unspecified atom stereocenters. The molecule has 3 fully saturated rings. The van der Waals surface area contributed by atoms with E-state index in [1.165, 1.54) is 0 Å². The summed E-state index contributed by atoms with van der Waals surface area (Å²) in [7, 11) is 0. The van der Waals surface area contributed by atoms with E-state index < -0.39 is 28.7 Å². The number of nitrogens with zero attached hydrogens (tertiary/aromatic N) is 1. The van der Waals surface area contributed by atoms with Crippen LogP contribution in [0.15, 0.2) is 30.3 Å². The Morgan fingerprint density at radius 2 is 1.85 bits per heavy atom. The first-order valence-corrected chi connectivity index (χ1v) is 13.2. The van der Waals surface area contributed by atoms with Crippen LogP contribution in [-0.4, -0.2) is 62.5 Å². The molecule has 1 aromatic carbocycles. The minimum Gasteiger partial charge on any atom is -0.394 e. The third-order valence-electron chi connectivity index (χ3n) is 7.79. The minimum atomic E-state index is -0.705. The molecule has 7 nitrogen and oxygen atoms in total. The molecular weight excluding hydrogens is 450 g/mol. The van der Waals surface area contributed by atoms with Crippen LogP contribution in [0.1, 0.15) is 46.6 Å². The van der Waals surface area contributed by atoms with Crippen molar-refractivity contribution in [1.29, 1.82) is 0 Å². The van der Waals surface area contributed by atoms with Crippen LogP contribution >= 0.6 is 11.8 Å². The Labute approximate surface area is 206 Å². The summed E-state index contributed by atoms with van der Waals surface area (Å²) < 4.78 is -0.669. The molecule has 186 valence electrons. The summed E-state index contributed by atoms with van der Waals surface area (Å²) in [6.45, 7) is 10.0. The highest BCUT2D eigenvalue weighted by Gasteiger charge is 2.76. The predicted molar refractivity (Wildman–Crippen MR) is 133 cm³/mol. The molecule has 0 saturated carbocycles. The van der Waals surface area contributed by atoms with Crippen LogP contribution in [0.25, 0.3) is 0 Å². The molecule has 4 rings (SSSR count). The van der Waals surface area contributed by atoms with Crippen LogP contribution in [-0.2, 0) is 20.9 Å². The number of carbonyl (C=O) groups is 3. The van der Waals surface area contributed by atoms with Crippen molar-refractivity contribution in [3.05, 3.63) is 35.9 Å². The number of rotatable bonds is 8. The monoisotopic (exact) mass is 487 g/mol. The number of benzene rings is 1. The normalized spacial score (nSPS) is 32.9. The Morgan fingerprint density at radius 1 is 1.18 bits per heavy atom. The number of aliphatic hydroxyl groups excluding tert-OH is 1. The third kappa shape index (κ3) is 3.92. The van der Waals surface area contributed by atoms with E-state index in [0.29, 0.717) is 6.54 Å². The molecule has 3 aliphatic rings. The van der Waals surface area contributed by atoms with Crippen LogP contribution in [0.2, 0.25) is 0 Å². The predicted octanol–water partition coefficient (Wildman–Crippen LogP) is 2.18. The molecule has 3 amide bonds. The van der Waals surface area contributed by atoms with Crippen molar-refractivity contribution < 1.29 is 19.5 Å². The number of carbonyl (C=O) groups excluding carboxylic acids is 3. The number of likely N-dealkylation sites (tertiary alicyclic amines) is 1. The van der Waals surface area contributed by atoms with Gasteiger partial charge in [0.1, 0.15) is 6.04 Å². The zero-order valence-corrected chi connectivity index (χ0v) is 21.5. The van der Waals surface area contributed by atoms with E-state index in [9.17, 15) is 19.5 Å². The van der Waals surface area contributed by atoms with Gasteiger partial charge in [-0.3, -0.25) is 14.4 Å². The highest BCUT2D eigenvalue weighted by molar-refractivity contribution is 8.02. The minimum absolute atomic E-state index is 0.00264. The summed E-state index contributed by atoms with van der Waals surface area (Å²) in [5.74, 6) is -1.45. The average Bonchev–Trinajstić information content (AvgIpc) is 3.37. The number of fused-ring (bicyclic) bond motifs is 1. The van der Waals surface area contributed by atoms with Crippen molar-refractivity contribution in [2.45, 2.75) is 75.7 Å². The SMILES string of the molecule is CC(C)NC(=O)C1N([C@@H](CO)C(C)C)C(=O)[C@@H]2[C@H](C(=O)NCc3ccccc3)[C@@H]3CC(C)C12S3. The van der Waals surface area contributed by atoms with Crippen LogP contribution < -0.4 is 10.6 Å². The molecule has 3 heterocycles. The van der Waals surface area contributed by atoms with Gasteiger partial charge in [-0.15, -0.1) is 11.8 Å². The van der Waals surface area contributed by atoms with E-state index in [1.54, 1.807) is 16.7 Å². The third-order valence-corrected chi connectivity index (χ3v) is 9.87. The van der Waals surface area contributed by atoms with Crippen molar-refractivity contribution in [3.8, 4) is 0 Å². The molecule has 0 aliphatic carbocycles. The van der Waals surface area contributed by atoms with Crippen molar-refractivity contribution >= 4 is 29.5 Å². The topological polar surface area (TPSA) is 98.7 Å². The van der Waals surface area contributed by atoms with Crippen LogP contribution in [0, 0.1) is 23.7 Å². The van der Waals surface area contributed by atoms with Gasteiger partial charge < -0.3 is 20.6 Å². The molecule has 3 aliphatic heterocycles. The Hall–Kier alpha value is -2.06. The number of aliphatic hydroxyl groups is 1. The first-order chi connectivity index (χ1) is 16.1. The fourth-order valence-corrected chi connectivity index (χ4v) is 8.71. The van der Waals surface area contributed by atoms with E-state index >= 15 is 0 Å². The molecule has 1 spiro atoms. The smallest absolute Gasteiger partial charge is 0.244 e. The Balaban J connectivity index is 1.70. The highest BCUT2D eigenvalue weighted by Crippen LogP contribution is 2.68. The van der Waals surface area contributed by atoms with E-state index in [0.717, 1.165) is 12.0 Å². The number of amides is 3. The first-order valence-electron chi connectivity index (χ1n) is 12.4. The Morgan fingerprint density at radius 3 is 2.44 bits per heavy atom.